The molecule has 0 atom stereocenters. The number of halogens is 2. The highest BCUT2D eigenvalue weighted by Gasteiger charge is 2.08. The lowest BCUT2D eigenvalue weighted by Gasteiger charge is -2.02. The molecule has 0 aliphatic heterocycles. The van der Waals surface area contributed by atoms with Gasteiger partial charge in [0.25, 0.3) is 0 Å². The van der Waals surface area contributed by atoms with Crippen LogP contribution in [0.4, 0.5) is 4.39 Å². The Balaban J connectivity index is 3.19. The van der Waals surface area contributed by atoms with E-state index in [-0.39, 0.29) is 16.6 Å². The number of rotatable bonds is 1. The molecular weight excluding hydrogens is 225 g/mol. The molecule has 0 saturated heterocycles. The van der Waals surface area contributed by atoms with Crippen molar-refractivity contribution in [2.24, 2.45) is 0 Å². The molecule has 1 rings (SSSR count). The Morgan fingerprint density at radius 3 is 2.83 bits per heavy atom. The summed E-state index contributed by atoms with van der Waals surface area (Å²) in [6.07, 6.45) is 0.0741. The molecule has 12 heavy (non-hydrogen) atoms. The molecule has 0 unspecified atom stereocenters. The van der Waals surface area contributed by atoms with Gasteiger partial charge in [0.15, 0.2) is 0 Å². The van der Waals surface area contributed by atoms with E-state index < -0.39 is 5.82 Å². The molecule has 1 N–H and O–H groups in total. The van der Waals surface area contributed by atoms with Gasteiger partial charge in [-0.1, -0.05) is 6.07 Å². The number of aromatic hydroxyl groups is 1. The molecular formula is C8H5BrFNO. The largest absolute Gasteiger partial charge is 0.506 e. The van der Waals surface area contributed by atoms with Gasteiger partial charge < -0.3 is 5.11 Å². The second-order valence-electron chi connectivity index (χ2n) is 2.20. The minimum Gasteiger partial charge on any atom is -0.506 e. The number of nitriles is 1. The molecule has 62 valence electrons. The van der Waals surface area contributed by atoms with Crippen LogP contribution in [0.5, 0.6) is 5.75 Å². The van der Waals surface area contributed by atoms with Crippen molar-refractivity contribution >= 4 is 15.9 Å². The molecule has 4 heteroatoms. The Bertz CT molecular complexity index is 346. The first-order valence-corrected chi connectivity index (χ1v) is 3.99. The van der Waals surface area contributed by atoms with Crippen LogP contribution in [0, 0.1) is 17.1 Å². The van der Waals surface area contributed by atoms with E-state index in [2.05, 4.69) is 15.9 Å². The van der Waals surface area contributed by atoms with Gasteiger partial charge >= 0.3 is 0 Å². The number of hydrogen-bond donors (Lipinski definition) is 1. The summed E-state index contributed by atoms with van der Waals surface area (Å²) in [5, 5.41) is 17.6. The number of phenols is 1. The molecule has 0 fully saturated rings. The van der Waals surface area contributed by atoms with E-state index in [4.69, 9.17) is 5.26 Å². The molecule has 0 heterocycles. The summed E-state index contributed by atoms with van der Waals surface area (Å²) in [7, 11) is 0. The fraction of sp³-hybridized carbons (Fsp3) is 0.125. The molecule has 0 spiro atoms. The van der Waals surface area contributed by atoms with Crippen molar-refractivity contribution in [3.8, 4) is 11.8 Å². The third-order valence-electron chi connectivity index (χ3n) is 1.42. The maximum Gasteiger partial charge on any atom is 0.141 e. The van der Waals surface area contributed by atoms with Gasteiger partial charge in [-0.05, 0) is 22.0 Å². The quantitative estimate of drug-likeness (QED) is 0.804. The summed E-state index contributed by atoms with van der Waals surface area (Å²) in [6, 6.07) is 4.46. The summed E-state index contributed by atoms with van der Waals surface area (Å²) in [6.45, 7) is 0. The predicted octanol–water partition coefficient (Wildman–Crippen LogP) is 2.36. The number of phenolic OH excluding ortho intramolecular Hbond substituents is 1. The molecule has 0 aliphatic rings. The zero-order chi connectivity index (χ0) is 9.14. The molecule has 0 radical (unpaired) electrons. The first-order chi connectivity index (χ1) is 5.66. The van der Waals surface area contributed by atoms with Crippen molar-refractivity contribution in [3.63, 3.8) is 0 Å². The third-order valence-corrected chi connectivity index (χ3v) is 2.18. The SMILES string of the molecule is N#CCc1ccc(F)c(Br)c1O. The van der Waals surface area contributed by atoms with Crippen molar-refractivity contribution < 1.29 is 9.50 Å². The molecule has 0 amide bonds. The van der Waals surface area contributed by atoms with Crippen LogP contribution in [0.15, 0.2) is 16.6 Å². The number of nitrogens with zero attached hydrogens (tertiary/aromatic N) is 1. The van der Waals surface area contributed by atoms with E-state index in [1.54, 1.807) is 0 Å². The van der Waals surface area contributed by atoms with Gasteiger partial charge in [-0.25, -0.2) is 4.39 Å². The van der Waals surface area contributed by atoms with E-state index >= 15 is 0 Å². The minimum absolute atomic E-state index is 0.00949. The van der Waals surface area contributed by atoms with Crippen molar-refractivity contribution in [3.05, 3.63) is 28.0 Å². The maximum absolute atomic E-state index is 12.7. The van der Waals surface area contributed by atoms with Crippen molar-refractivity contribution in [1.29, 1.82) is 5.26 Å². The van der Waals surface area contributed by atoms with Gasteiger partial charge in [-0.3, -0.25) is 0 Å². The molecule has 0 bridgehead atoms. The Kier molecular flexibility index (Phi) is 2.66. The van der Waals surface area contributed by atoms with Crippen LogP contribution in [0.1, 0.15) is 5.56 Å². The van der Waals surface area contributed by atoms with Crippen molar-refractivity contribution in [2.75, 3.05) is 0 Å². The number of benzene rings is 1. The lowest BCUT2D eigenvalue weighted by Crippen LogP contribution is -1.86. The van der Waals surface area contributed by atoms with Crippen LogP contribution in [0.3, 0.4) is 0 Å². The standard InChI is InChI=1S/C8H5BrFNO/c9-7-6(10)2-1-5(3-4-11)8(7)12/h1-2,12H,3H2. The van der Waals surface area contributed by atoms with E-state index in [9.17, 15) is 9.50 Å². The monoisotopic (exact) mass is 229 g/mol. The Hall–Kier alpha value is -1.08. The molecule has 0 saturated carbocycles. The second-order valence-corrected chi connectivity index (χ2v) is 3.00. The number of hydrogen-bond acceptors (Lipinski definition) is 2. The highest BCUT2D eigenvalue weighted by Crippen LogP contribution is 2.30. The van der Waals surface area contributed by atoms with Crippen LogP contribution in [-0.2, 0) is 6.42 Å². The fourth-order valence-electron chi connectivity index (χ4n) is 0.808. The molecule has 1 aromatic rings. The lowest BCUT2D eigenvalue weighted by molar-refractivity contribution is 0.458. The van der Waals surface area contributed by atoms with Crippen LogP contribution in [0.25, 0.3) is 0 Å². The maximum atomic E-state index is 12.7. The van der Waals surface area contributed by atoms with E-state index in [0.717, 1.165) is 0 Å². The van der Waals surface area contributed by atoms with Gasteiger partial charge in [0.05, 0.1) is 17.0 Å². The minimum atomic E-state index is -0.533. The van der Waals surface area contributed by atoms with Gasteiger partial charge in [-0.15, -0.1) is 0 Å². The second kappa shape index (κ2) is 3.55. The molecule has 0 aliphatic carbocycles. The van der Waals surface area contributed by atoms with Crippen LogP contribution < -0.4 is 0 Å². The summed E-state index contributed by atoms with van der Waals surface area (Å²) in [5.41, 5.74) is 0.422. The first kappa shape index (κ1) is 9.01. The fourth-order valence-corrected chi connectivity index (χ4v) is 1.19. The normalized spacial score (nSPS) is 9.42. The average Bonchev–Trinajstić information content (AvgIpc) is 2.07. The average molecular weight is 230 g/mol. The van der Waals surface area contributed by atoms with E-state index in [1.165, 1.54) is 12.1 Å². The van der Waals surface area contributed by atoms with Crippen molar-refractivity contribution in [2.45, 2.75) is 6.42 Å². The summed E-state index contributed by atoms with van der Waals surface area (Å²) in [4.78, 5) is 0. The van der Waals surface area contributed by atoms with Crippen molar-refractivity contribution in [1.82, 2.24) is 0 Å². The topological polar surface area (TPSA) is 44.0 Å². The Morgan fingerprint density at radius 1 is 1.58 bits per heavy atom. The highest BCUT2D eigenvalue weighted by atomic mass is 79.9. The summed E-state index contributed by atoms with van der Waals surface area (Å²) < 4.78 is 12.7. The van der Waals surface area contributed by atoms with Gasteiger partial charge in [0.2, 0.25) is 0 Å². The van der Waals surface area contributed by atoms with Gasteiger partial charge in [0.1, 0.15) is 11.6 Å². The smallest absolute Gasteiger partial charge is 0.141 e. The zero-order valence-corrected chi connectivity index (χ0v) is 7.60. The molecule has 1 aromatic carbocycles. The molecule has 2 nitrogen and oxygen atoms in total. The summed E-state index contributed by atoms with van der Waals surface area (Å²) >= 11 is 2.87. The third kappa shape index (κ3) is 1.56. The predicted molar refractivity (Wildman–Crippen MR) is 45.1 cm³/mol. The van der Waals surface area contributed by atoms with Gasteiger partial charge in [-0.2, -0.15) is 5.26 Å². The first-order valence-electron chi connectivity index (χ1n) is 3.19. The van der Waals surface area contributed by atoms with E-state index in [0.29, 0.717) is 5.56 Å². The van der Waals surface area contributed by atoms with Crippen LogP contribution in [0.2, 0.25) is 0 Å². The zero-order valence-electron chi connectivity index (χ0n) is 6.01. The molecule has 0 aromatic heterocycles. The lowest BCUT2D eigenvalue weighted by atomic mass is 10.1. The van der Waals surface area contributed by atoms with Crippen LogP contribution in [-0.4, -0.2) is 5.11 Å². The Labute approximate surface area is 77.4 Å². The highest BCUT2D eigenvalue weighted by molar-refractivity contribution is 9.10. The van der Waals surface area contributed by atoms with E-state index in [1.807, 2.05) is 6.07 Å². The Morgan fingerprint density at radius 2 is 2.25 bits per heavy atom. The van der Waals surface area contributed by atoms with Crippen LogP contribution >= 0.6 is 15.9 Å². The summed E-state index contributed by atoms with van der Waals surface area (Å²) in [5.74, 6) is -0.731. The van der Waals surface area contributed by atoms with Gasteiger partial charge in [0, 0.05) is 5.56 Å².